The number of hydrogen-bond donors (Lipinski definition) is 1. The van der Waals surface area contributed by atoms with E-state index >= 15 is 0 Å². The van der Waals surface area contributed by atoms with Crippen molar-refractivity contribution < 1.29 is 9.53 Å². The lowest BCUT2D eigenvalue weighted by Crippen LogP contribution is -2.05. The number of amides is 1. The van der Waals surface area contributed by atoms with E-state index in [9.17, 15) is 4.79 Å². The maximum absolute atomic E-state index is 10.4. The first-order valence-electron chi connectivity index (χ1n) is 8.48. The number of imidazole rings is 1. The highest BCUT2D eigenvalue weighted by molar-refractivity contribution is 5.68. The number of carbonyl (C=O) groups excluding carboxylic acids is 1. The zero-order chi connectivity index (χ0) is 18.5. The Bertz CT molecular complexity index is 887. The highest BCUT2D eigenvalue weighted by atomic mass is 16.5. The van der Waals surface area contributed by atoms with Gasteiger partial charge in [0.15, 0.2) is 0 Å². The molecule has 0 aliphatic carbocycles. The predicted molar refractivity (Wildman–Crippen MR) is 99.2 cm³/mol. The molecule has 0 spiro atoms. The molecule has 1 N–H and O–H groups in total. The maximum atomic E-state index is 10.4. The predicted octanol–water partition coefficient (Wildman–Crippen LogP) is 3.84. The van der Waals surface area contributed by atoms with E-state index in [-0.39, 0.29) is 0 Å². The summed E-state index contributed by atoms with van der Waals surface area (Å²) in [5.74, 6) is 3.08. The van der Waals surface area contributed by atoms with Crippen LogP contribution in [-0.4, -0.2) is 25.9 Å². The van der Waals surface area contributed by atoms with Gasteiger partial charge in [-0.15, -0.1) is 0 Å². The van der Waals surface area contributed by atoms with Gasteiger partial charge in [0.05, 0.1) is 23.8 Å². The van der Waals surface area contributed by atoms with Crippen molar-refractivity contribution in [3.63, 3.8) is 0 Å². The number of rotatable bonds is 7. The fourth-order valence-corrected chi connectivity index (χ4v) is 2.72. The van der Waals surface area contributed by atoms with Crippen molar-refractivity contribution in [1.82, 2.24) is 19.5 Å². The summed E-state index contributed by atoms with van der Waals surface area (Å²) in [5, 5.41) is 2.49. The van der Waals surface area contributed by atoms with Crippen molar-refractivity contribution in [2.24, 2.45) is 0 Å². The summed E-state index contributed by atoms with van der Waals surface area (Å²) < 4.78 is 8.02. The smallest absolute Gasteiger partial charge is 0.212 e. The molecule has 0 aromatic carbocycles. The first-order valence-corrected chi connectivity index (χ1v) is 8.48. The van der Waals surface area contributed by atoms with Gasteiger partial charge < -0.3 is 14.6 Å². The Balaban J connectivity index is 1.86. The maximum Gasteiger partial charge on any atom is 0.212 e. The third-order valence-corrected chi connectivity index (χ3v) is 3.89. The molecular weight excluding hydrogens is 330 g/mol. The summed E-state index contributed by atoms with van der Waals surface area (Å²) in [6, 6.07) is 7.08. The second kappa shape index (κ2) is 7.77. The first-order chi connectivity index (χ1) is 12.6. The molecule has 3 rings (SSSR count). The highest BCUT2D eigenvalue weighted by Crippen LogP contribution is 2.27. The lowest BCUT2D eigenvalue weighted by Gasteiger charge is -2.12. The molecule has 0 saturated carbocycles. The van der Waals surface area contributed by atoms with Crippen LogP contribution >= 0.6 is 0 Å². The Hall–Kier alpha value is -3.22. The Labute approximate surface area is 152 Å². The van der Waals surface area contributed by atoms with Crippen LogP contribution in [0.4, 0.5) is 5.82 Å². The van der Waals surface area contributed by atoms with E-state index in [0.29, 0.717) is 29.6 Å². The van der Waals surface area contributed by atoms with Crippen LogP contribution in [0.2, 0.25) is 0 Å². The topological polar surface area (TPSA) is 81.9 Å². The molecule has 0 aliphatic rings. The van der Waals surface area contributed by atoms with E-state index in [2.05, 4.69) is 45.6 Å². The Kier molecular flexibility index (Phi) is 5.26. The van der Waals surface area contributed by atoms with Crippen molar-refractivity contribution >= 4 is 12.2 Å². The van der Waals surface area contributed by atoms with Crippen molar-refractivity contribution in [3.05, 3.63) is 48.7 Å². The number of hydrogen-bond acceptors (Lipinski definition) is 5. The van der Waals surface area contributed by atoms with Crippen LogP contribution in [0.5, 0.6) is 11.5 Å². The molecule has 134 valence electrons. The molecule has 0 fully saturated rings. The molecule has 0 bridgehead atoms. The number of nitrogens with zero attached hydrogens (tertiary/aromatic N) is 4. The van der Waals surface area contributed by atoms with Gasteiger partial charge in [0.2, 0.25) is 6.41 Å². The van der Waals surface area contributed by atoms with Crippen LogP contribution in [0.15, 0.2) is 42.9 Å². The fourth-order valence-electron chi connectivity index (χ4n) is 2.72. The molecule has 7 heteroatoms. The van der Waals surface area contributed by atoms with Gasteiger partial charge in [-0.2, -0.15) is 0 Å². The molecule has 7 nitrogen and oxygen atoms in total. The summed E-state index contributed by atoms with van der Waals surface area (Å²) in [7, 11) is 0. The van der Waals surface area contributed by atoms with Crippen LogP contribution in [0.1, 0.15) is 32.5 Å². The lowest BCUT2D eigenvalue weighted by atomic mass is 10.2. The van der Waals surface area contributed by atoms with Crippen LogP contribution in [-0.2, 0) is 11.3 Å². The zero-order valence-corrected chi connectivity index (χ0v) is 15.0. The minimum Gasteiger partial charge on any atom is -0.456 e. The molecule has 0 saturated heterocycles. The molecule has 3 aromatic heterocycles. The van der Waals surface area contributed by atoms with E-state index in [1.165, 1.54) is 0 Å². The molecule has 1 amide bonds. The van der Waals surface area contributed by atoms with Gasteiger partial charge >= 0.3 is 0 Å². The second-order valence-corrected chi connectivity index (χ2v) is 6.02. The molecular formula is C19H21N5O2. The van der Waals surface area contributed by atoms with Crippen molar-refractivity contribution in [2.45, 2.75) is 33.2 Å². The number of pyridine rings is 2. The average molecular weight is 351 g/mol. The van der Waals surface area contributed by atoms with E-state index in [0.717, 1.165) is 23.8 Å². The largest absolute Gasteiger partial charge is 0.456 e. The van der Waals surface area contributed by atoms with E-state index in [1.807, 2.05) is 12.3 Å². The normalized spacial score (nSPS) is 10.8. The van der Waals surface area contributed by atoms with Crippen LogP contribution < -0.4 is 10.1 Å². The van der Waals surface area contributed by atoms with Gasteiger partial charge in [0, 0.05) is 24.7 Å². The van der Waals surface area contributed by atoms with Gasteiger partial charge in [-0.1, -0.05) is 13.8 Å². The van der Waals surface area contributed by atoms with Crippen LogP contribution in [0.3, 0.4) is 0 Å². The van der Waals surface area contributed by atoms with Crippen molar-refractivity contribution in [2.75, 3.05) is 5.32 Å². The van der Waals surface area contributed by atoms with Gasteiger partial charge in [-0.3, -0.25) is 9.78 Å². The Morgan fingerprint density at radius 1 is 1.15 bits per heavy atom. The zero-order valence-electron chi connectivity index (χ0n) is 15.0. The van der Waals surface area contributed by atoms with Crippen molar-refractivity contribution in [3.8, 4) is 22.9 Å². The first kappa shape index (κ1) is 17.6. The summed E-state index contributed by atoms with van der Waals surface area (Å²) >= 11 is 0. The monoisotopic (exact) mass is 351 g/mol. The van der Waals surface area contributed by atoms with Gasteiger partial charge in [0.1, 0.15) is 23.1 Å². The van der Waals surface area contributed by atoms with Gasteiger partial charge in [-0.25, -0.2) is 9.97 Å². The average Bonchev–Trinajstić information content (AvgIpc) is 3.08. The standard InChI is InChI=1S/C19H21N5O2/c1-4-24-17(11-22-19(24)13(2)3)16-9-14(7-8-20-16)26-15-5-6-18(21-10-15)23-12-25/h5-13H,4H2,1-3H3,(H,21,23,25). The number of ether oxygens (including phenoxy) is 1. The molecule has 26 heavy (non-hydrogen) atoms. The third-order valence-electron chi connectivity index (χ3n) is 3.89. The SMILES string of the molecule is CCn1c(-c2cc(Oc3ccc(NC=O)nc3)ccn2)cnc1C(C)C. The summed E-state index contributed by atoms with van der Waals surface area (Å²) in [6.45, 7) is 7.17. The quantitative estimate of drug-likeness (QED) is 0.654. The minimum atomic E-state index is 0.340. The number of carbonyl (C=O) groups is 1. The van der Waals surface area contributed by atoms with E-state index in [4.69, 9.17) is 4.74 Å². The van der Waals surface area contributed by atoms with E-state index in [1.54, 1.807) is 30.6 Å². The molecule has 3 heterocycles. The van der Waals surface area contributed by atoms with Gasteiger partial charge in [-0.05, 0) is 25.1 Å². The summed E-state index contributed by atoms with van der Waals surface area (Å²) in [6.07, 6.45) is 5.70. The van der Waals surface area contributed by atoms with Crippen LogP contribution in [0, 0.1) is 0 Å². The lowest BCUT2D eigenvalue weighted by molar-refractivity contribution is -0.105. The molecule has 0 radical (unpaired) electrons. The van der Waals surface area contributed by atoms with Gasteiger partial charge in [0.25, 0.3) is 0 Å². The minimum absolute atomic E-state index is 0.340. The summed E-state index contributed by atoms with van der Waals surface area (Å²) in [4.78, 5) is 23.5. The third kappa shape index (κ3) is 3.72. The number of anilines is 1. The number of aromatic nitrogens is 4. The highest BCUT2D eigenvalue weighted by Gasteiger charge is 2.14. The molecule has 0 unspecified atom stereocenters. The van der Waals surface area contributed by atoms with E-state index < -0.39 is 0 Å². The van der Waals surface area contributed by atoms with Crippen molar-refractivity contribution in [1.29, 1.82) is 0 Å². The molecule has 3 aromatic rings. The molecule has 0 atom stereocenters. The molecule has 0 aliphatic heterocycles. The summed E-state index contributed by atoms with van der Waals surface area (Å²) in [5.41, 5.74) is 1.77. The second-order valence-electron chi connectivity index (χ2n) is 6.02. The number of nitrogens with one attached hydrogen (secondary N) is 1. The Morgan fingerprint density at radius 2 is 2.00 bits per heavy atom. The Morgan fingerprint density at radius 3 is 2.65 bits per heavy atom. The van der Waals surface area contributed by atoms with Crippen LogP contribution in [0.25, 0.3) is 11.4 Å². The fraction of sp³-hybridized carbons (Fsp3) is 0.263.